The van der Waals surface area contributed by atoms with E-state index in [4.69, 9.17) is 9.47 Å². The molecule has 10 heteroatoms. The lowest BCUT2D eigenvalue weighted by atomic mass is 10.2. The quantitative estimate of drug-likeness (QED) is 0.239. The van der Waals surface area contributed by atoms with Gasteiger partial charge in [0, 0.05) is 69.2 Å². The summed E-state index contributed by atoms with van der Waals surface area (Å²) in [6.45, 7) is 7.35. The SMILES string of the molecule is C=CC(=O)Nc1cccc(Oc2nc(Nc3ccc(N(C)C4CCN(CCOC)C4)cc3)nc3[nH]ccc23)c1. The number of aromatic amines is 1. The molecule has 5 rings (SSSR count). The number of benzene rings is 2. The average molecular weight is 528 g/mol. The van der Waals surface area contributed by atoms with Gasteiger partial charge in [0.05, 0.1) is 12.0 Å². The highest BCUT2D eigenvalue weighted by atomic mass is 16.5. The van der Waals surface area contributed by atoms with Gasteiger partial charge < -0.3 is 30.0 Å². The van der Waals surface area contributed by atoms with Gasteiger partial charge in [-0.2, -0.15) is 9.97 Å². The van der Waals surface area contributed by atoms with Crippen molar-refractivity contribution in [2.24, 2.45) is 0 Å². The first kappa shape index (κ1) is 26.2. The van der Waals surface area contributed by atoms with Gasteiger partial charge in [-0.1, -0.05) is 12.6 Å². The maximum absolute atomic E-state index is 11.7. The van der Waals surface area contributed by atoms with E-state index in [1.165, 1.54) is 6.08 Å². The summed E-state index contributed by atoms with van der Waals surface area (Å²) in [4.78, 5) is 28.8. The van der Waals surface area contributed by atoms with E-state index in [-0.39, 0.29) is 5.91 Å². The van der Waals surface area contributed by atoms with Crippen molar-refractivity contribution < 1.29 is 14.3 Å². The molecule has 202 valence electrons. The number of hydrogen-bond donors (Lipinski definition) is 3. The van der Waals surface area contributed by atoms with E-state index in [1.807, 2.05) is 18.2 Å². The standard InChI is InChI=1S/C29H33N7O3/c1-4-26(37)31-21-6-5-7-24(18-21)39-28-25-12-14-30-27(25)33-29(34-28)32-20-8-10-22(11-9-20)35(2)23-13-15-36(19-23)16-17-38-3/h4-12,14,18,23H,1,13,15-17,19H2,2-3H3,(H,31,37)(H2,30,32,33,34). The Morgan fingerprint density at radius 2 is 2.05 bits per heavy atom. The van der Waals surface area contributed by atoms with E-state index >= 15 is 0 Å². The van der Waals surface area contributed by atoms with Crippen molar-refractivity contribution in [2.45, 2.75) is 12.5 Å². The van der Waals surface area contributed by atoms with Crippen LogP contribution in [0.2, 0.25) is 0 Å². The first-order valence-electron chi connectivity index (χ1n) is 12.9. The van der Waals surface area contributed by atoms with Gasteiger partial charge in [0.1, 0.15) is 11.4 Å². The lowest BCUT2D eigenvalue weighted by Gasteiger charge is -2.27. The number of nitrogens with zero attached hydrogens (tertiary/aromatic N) is 4. The number of fused-ring (bicyclic) bond motifs is 1. The zero-order valence-electron chi connectivity index (χ0n) is 22.2. The third-order valence-corrected chi connectivity index (χ3v) is 6.82. The number of likely N-dealkylation sites (N-methyl/N-ethyl adjacent to an activating group) is 1. The molecule has 1 fully saturated rings. The van der Waals surface area contributed by atoms with Crippen LogP contribution in [-0.2, 0) is 9.53 Å². The normalized spacial score (nSPS) is 15.3. The van der Waals surface area contributed by atoms with Gasteiger partial charge in [0.25, 0.3) is 0 Å². The number of nitrogens with one attached hydrogen (secondary N) is 3. The maximum atomic E-state index is 11.7. The third kappa shape index (κ3) is 6.36. The zero-order chi connectivity index (χ0) is 27.2. The average Bonchev–Trinajstić information content (AvgIpc) is 3.62. The molecule has 1 saturated heterocycles. The summed E-state index contributed by atoms with van der Waals surface area (Å²) in [5.41, 5.74) is 3.27. The molecule has 0 radical (unpaired) electrons. The monoisotopic (exact) mass is 527 g/mol. The van der Waals surface area contributed by atoms with Crippen LogP contribution in [0.5, 0.6) is 11.6 Å². The van der Waals surface area contributed by atoms with Gasteiger partial charge in [-0.25, -0.2) is 0 Å². The Kier molecular flexibility index (Phi) is 8.04. The Morgan fingerprint density at radius 1 is 1.21 bits per heavy atom. The molecule has 4 aromatic rings. The van der Waals surface area contributed by atoms with Crippen LogP contribution in [0.4, 0.5) is 23.0 Å². The van der Waals surface area contributed by atoms with Gasteiger partial charge in [-0.05, 0) is 55.0 Å². The molecule has 0 saturated carbocycles. The van der Waals surface area contributed by atoms with Crippen LogP contribution >= 0.6 is 0 Å². The van der Waals surface area contributed by atoms with E-state index in [9.17, 15) is 4.79 Å². The molecule has 2 aromatic carbocycles. The smallest absolute Gasteiger partial charge is 0.247 e. The second kappa shape index (κ2) is 12.0. The fraction of sp³-hybridized carbons (Fsp3) is 0.276. The van der Waals surface area contributed by atoms with E-state index in [2.05, 4.69) is 61.1 Å². The molecule has 1 unspecified atom stereocenters. The van der Waals surface area contributed by atoms with E-state index < -0.39 is 0 Å². The lowest BCUT2D eigenvalue weighted by Crippen LogP contribution is -2.35. The van der Waals surface area contributed by atoms with E-state index in [0.717, 1.165) is 49.4 Å². The van der Waals surface area contributed by atoms with Crippen LogP contribution in [-0.4, -0.2) is 72.2 Å². The zero-order valence-corrected chi connectivity index (χ0v) is 22.2. The molecule has 39 heavy (non-hydrogen) atoms. The number of H-pyrrole nitrogens is 1. The molecule has 0 bridgehead atoms. The summed E-state index contributed by atoms with van der Waals surface area (Å²) in [7, 11) is 3.90. The van der Waals surface area contributed by atoms with Crippen LogP contribution in [0, 0.1) is 0 Å². The Hall–Kier alpha value is -4.41. The second-order valence-corrected chi connectivity index (χ2v) is 9.43. The highest BCUT2D eigenvalue weighted by molar-refractivity contribution is 5.99. The van der Waals surface area contributed by atoms with Crippen molar-refractivity contribution in [3.63, 3.8) is 0 Å². The Balaban J connectivity index is 1.28. The molecular weight excluding hydrogens is 494 g/mol. The summed E-state index contributed by atoms with van der Waals surface area (Å²) < 4.78 is 11.3. The van der Waals surface area contributed by atoms with E-state index in [1.54, 1.807) is 37.6 Å². The van der Waals surface area contributed by atoms with Crippen molar-refractivity contribution in [3.8, 4) is 11.6 Å². The number of amides is 1. The lowest BCUT2D eigenvalue weighted by molar-refractivity contribution is -0.111. The number of ether oxygens (including phenoxy) is 2. The minimum absolute atomic E-state index is 0.293. The molecule has 10 nitrogen and oxygen atoms in total. The molecule has 1 amide bonds. The largest absolute Gasteiger partial charge is 0.438 e. The molecule has 3 N–H and O–H groups in total. The van der Waals surface area contributed by atoms with Gasteiger partial charge in [-0.15, -0.1) is 0 Å². The van der Waals surface area contributed by atoms with Crippen molar-refractivity contribution in [1.82, 2.24) is 19.9 Å². The van der Waals surface area contributed by atoms with Gasteiger partial charge in [0.2, 0.25) is 17.7 Å². The predicted octanol–water partition coefficient (Wildman–Crippen LogP) is 4.78. The van der Waals surface area contributed by atoms with Crippen molar-refractivity contribution in [3.05, 3.63) is 73.4 Å². The highest BCUT2D eigenvalue weighted by Crippen LogP contribution is 2.31. The summed E-state index contributed by atoms with van der Waals surface area (Å²) in [5, 5.41) is 6.77. The number of anilines is 4. The third-order valence-electron chi connectivity index (χ3n) is 6.82. The second-order valence-electron chi connectivity index (χ2n) is 9.43. The molecule has 3 heterocycles. The summed E-state index contributed by atoms with van der Waals surface area (Å²) >= 11 is 0. The van der Waals surface area contributed by atoms with Crippen LogP contribution in [0.3, 0.4) is 0 Å². The summed E-state index contributed by atoms with van der Waals surface area (Å²) in [6, 6.07) is 17.7. The first-order chi connectivity index (χ1) is 19.0. The van der Waals surface area contributed by atoms with E-state index in [0.29, 0.717) is 35.0 Å². The molecule has 1 aliphatic heterocycles. The van der Waals surface area contributed by atoms with Crippen LogP contribution in [0.1, 0.15) is 6.42 Å². The van der Waals surface area contributed by atoms with Gasteiger partial charge in [0.15, 0.2) is 0 Å². The predicted molar refractivity (Wildman–Crippen MR) is 154 cm³/mol. The number of likely N-dealkylation sites (tertiary alicyclic amines) is 1. The summed E-state index contributed by atoms with van der Waals surface area (Å²) in [6.07, 6.45) is 4.15. The molecular formula is C29H33N7O3. The van der Waals surface area contributed by atoms with Crippen molar-refractivity contribution in [2.75, 3.05) is 55.9 Å². The minimum atomic E-state index is -0.293. The Bertz CT molecular complexity index is 1440. The molecule has 1 atom stereocenters. The first-order valence-corrected chi connectivity index (χ1v) is 12.9. The number of methoxy groups -OCH3 is 1. The minimum Gasteiger partial charge on any atom is -0.438 e. The fourth-order valence-electron chi connectivity index (χ4n) is 4.66. The van der Waals surface area contributed by atoms with Crippen molar-refractivity contribution >= 4 is 40.0 Å². The molecule has 0 aliphatic carbocycles. The number of rotatable bonds is 11. The highest BCUT2D eigenvalue weighted by Gasteiger charge is 2.25. The van der Waals surface area contributed by atoms with Gasteiger partial charge >= 0.3 is 0 Å². The van der Waals surface area contributed by atoms with Crippen molar-refractivity contribution in [1.29, 1.82) is 0 Å². The van der Waals surface area contributed by atoms with Crippen LogP contribution < -0.4 is 20.3 Å². The number of hydrogen-bond acceptors (Lipinski definition) is 8. The maximum Gasteiger partial charge on any atom is 0.247 e. The molecule has 0 spiro atoms. The Labute approximate surface area is 227 Å². The topological polar surface area (TPSA) is 108 Å². The van der Waals surface area contributed by atoms with Crippen LogP contribution in [0.15, 0.2) is 73.4 Å². The van der Waals surface area contributed by atoms with Gasteiger partial charge in [-0.3, -0.25) is 9.69 Å². The number of carbonyl (C=O) groups excluding carboxylic acids is 1. The van der Waals surface area contributed by atoms with Crippen LogP contribution in [0.25, 0.3) is 11.0 Å². The molecule has 1 aliphatic rings. The Morgan fingerprint density at radius 3 is 2.85 bits per heavy atom. The molecule has 2 aromatic heterocycles. The fourth-order valence-corrected chi connectivity index (χ4v) is 4.66. The summed E-state index contributed by atoms with van der Waals surface area (Å²) in [5.74, 6) is 1.04. The number of aromatic nitrogens is 3. The number of carbonyl (C=O) groups is 1.